The smallest absolute Gasteiger partial charge is 0.243 e. The highest BCUT2D eigenvalue weighted by Crippen LogP contribution is 2.31. The summed E-state index contributed by atoms with van der Waals surface area (Å²) in [4.78, 5) is -0.125. The number of halogens is 1. The van der Waals surface area contributed by atoms with E-state index in [4.69, 9.17) is 10.5 Å². The van der Waals surface area contributed by atoms with Gasteiger partial charge in [-0.3, -0.25) is 0 Å². The Balaban J connectivity index is 2.35. The van der Waals surface area contributed by atoms with Crippen molar-refractivity contribution < 1.29 is 17.5 Å². The van der Waals surface area contributed by atoms with Crippen molar-refractivity contribution in [3.05, 3.63) is 17.9 Å². The largest absolute Gasteiger partial charge is 0.492 e. The number of rotatable bonds is 4. The van der Waals surface area contributed by atoms with Gasteiger partial charge in [0.2, 0.25) is 10.0 Å². The topological polar surface area (TPSA) is 72.6 Å². The van der Waals surface area contributed by atoms with Crippen LogP contribution in [0.15, 0.2) is 17.0 Å². The van der Waals surface area contributed by atoms with E-state index in [2.05, 4.69) is 0 Å². The van der Waals surface area contributed by atoms with E-state index in [0.29, 0.717) is 13.1 Å². The molecule has 1 unspecified atom stereocenters. The summed E-state index contributed by atoms with van der Waals surface area (Å²) in [6.07, 6.45) is 0.899. The summed E-state index contributed by atoms with van der Waals surface area (Å²) in [5, 5.41) is 0.272. The van der Waals surface area contributed by atoms with E-state index in [-0.39, 0.29) is 21.6 Å². The summed E-state index contributed by atoms with van der Waals surface area (Å²) in [6, 6.07) is 2.22. The summed E-state index contributed by atoms with van der Waals surface area (Å²) in [7, 11) is -2.44. The van der Waals surface area contributed by atoms with Crippen LogP contribution >= 0.6 is 11.8 Å². The van der Waals surface area contributed by atoms with Crippen LogP contribution in [-0.4, -0.2) is 43.9 Å². The molecule has 2 N–H and O–H groups in total. The Morgan fingerprint density at radius 2 is 2.24 bits per heavy atom. The van der Waals surface area contributed by atoms with E-state index in [1.807, 2.05) is 6.92 Å². The van der Waals surface area contributed by atoms with Crippen LogP contribution in [0.2, 0.25) is 0 Å². The molecule has 1 aliphatic heterocycles. The molecular weight excluding hydrogens is 315 g/mol. The fraction of sp³-hybridized carbons (Fsp3) is 0.538. The molecule has 0 aromatic heterocycles. The lowest BCUT2D eigenvalue weighted by molar-refractivity contribution is 0.387. The number of anilines is 1. The number of methoxy groups -OCH3 is 1. The zero-order valence-electron chi connectivity index (χ0n) is 12.0. The molecule has 1 aromatic carbocycles. The van der Waals surface area contributed by atoms with Gasteiger partial charge in [-0.25, -0.2) is 12.8 Å². The maximum atomic E-state index is 13.9. The van der Waals surface area contributed by atoms with Gasteiger partial charge in [0.1, 0.15) is 0 Å². The average Bonchev–Trinajstić information content (AvgIpc) is 2.47. The first-order valence-corrected chi connectivity index (χ1v) is 9.13. The minimum absolute atomic E-state index is 0.0190. The molecule has 21 heavy (non-hydrogen) atoms. The third-order valence-electron chi connectivity index (χ3n) is 3.44. The highest BCUT2D eigenvalue weighted by molar-refractivity contribution is 8.00. The minimum atomic E-state index is -3.73. The van der Waals surface area contributed by atoms with E-state index in [0.717, 1.165) is 18.2 Å². The maximum Gasteiger partial charge on any atom is 0.243 e. The zero-order valence-corrected chi connectivity index (χ0v) is 13.6. The SMILES string of the molecule is CCC1CN(S(=O)(=O)c2cc(N)c(OC)c(F)c2)CCS1. The van der Waals surface area contributed by atoms with Crippen molar-refractivity contribution in [1.82, 2.24) is 4.31 Å². The number of sulfonamides is 1. The number of nitrogens with zero attached hydrogens (tertiary/aromatic N) is 1. The fourth-order valence-electron chi connectivity index (χ4n) is 2.26. The van der Waals surface area contributed by atoms with E-state index < -0.39 is 15.8 Å². The molecule has 0 spiro atoms. The molecule has 1 aromatic rings. The van der Waals surface area contributed by atoms with Crippen LogP contribution in [0.3, 0.4) is 0 Å². The number of nitrogens with two attached hydrogens (primary N) is 1. The predicted octanol–water partition coefficient (Wildman–Crippen LogP) is 1.93. The predicted molar refractivity (Wildman–Crippen MR) is 82.7 cm³/mol. The molecule has 118 valence electrons. The van der Waals surface area contributed by atoms with Gasteiger partial charge >= 0.3 is 0 Å². The van der Waals surface area contributed by atoms with Crippen LogP contribution in [0.1, 0.15) is 13.3 Å². The molecule has 0 aliphatic carbocycles. The molecule has 1 fully saturated rings. The monoisotopic (exact) mass is 334 g/mol. The lowest BCUT2D eigenvalue weighted by Crippen LogP contribution is -2.41. The standard InChI is InChI=1S/C13H19FN2O3S2/c1-3-9-8-16(4-5-20-9)21(17,18)10-6-11(14)13(19-2)12(15)7-10/h6-7,9H,3-5,8,15H2,1-2H3. The van der Waals surface area contributed by atoms with E-state index >= 15 is 0 Å². The second-order valence-corrected chi connectivity index (χ2v) is 8.14. The molecule has 0 amide bonds. The number of benzene rings is 1. The Morgan fingerprint density at radius 1 is 1.52 bits per heavy atom. The molecule has 1 saturated heterocycles. The Hall–Kier alpha value is -0.990. The lowest BCUT2D eigenvalue weighted by atomic mass is 10.3. The molecule has 5 nitrogen and oxygen atoms in total. The molecular formula is C13H19FN2O3S2. The van der Waals surface area contributed by atoms with Gasteiger partial charge in [-0.05, 0) is 18.6 Å². The van der Waals surface area contributed by atoms with Gasteiger partial charge in [0.25, 0.3) is 0 Å². The molecule has 2 rings (SSSR count). The minimum Gasteiger partial charge on any atom is -0.492 e. The normalized spacial score (nSPS) is 20.4. The van der Waals surface area contributed by atoms with Crippen LogP contribution in [-0.2, 0) is 10.0 Å². The van der Waals surface area contributed by atoms with Crippen LogP contribution in [0.5, 0.6) is 5.75 Å². The van der Waals surface area contributed by atoms with Crippen molar-refractivity contribution >= 4 is 27.5 Å². The Kier molecular flexibility index (Phi) is 5.00. The van der Waals surface area contributed by atoms with Crippen molar-refractivity contribution in [2.24, 2.45) is 0 Å². The molecule has 1 aliphatic rings. The van der Waals surface area contributed by atoms with Gasteiger partial charge in [-0.1, -0.05) is 6.92 Å². The second kappa shape index (κ2) is 6.41. The quantitative estimate of drug-likeness (QED) is 0.852. The van der Waals surface area contributed by atoms with Crippen molar-refractivity contribution in [3.63, 3.8) is 0 Å². The van der Waals surface area contributed by atoms with E-state index in [1.165, 1.54) is 17.5 Å². The van der Waals surface area contributed by atoms with E-state index in [1.54, 1.807) is 11.8 Å². The summed E-state index contributed by atoms with van der Waals surface area (Å²) in [6.45, 7) is 2.90. The first kappa shape index (κ1) is 16.4. The third-order valence-corrected chi connectivity index (χ3v) is 6.66. The molecule has 0 bridgehead atoms. The Bertz CT molecular complexity index is 599. The highest BCUT2D eigenvalue weighted by Gasteiger charge is 2.31. The van der Waals surface area contributed by atoms with Gasteiger partial charge < -0.3 is 10.5 Å². The van der Waals surface area contributed by atoms with Gasteiger partial charge in [0.15, 0.2) is 11.6 Å². The lowest BCUT2D eigenvalue weighted by Gasteiger charge is -2.31. The first-order valence-electron chi connectivity index (χ1n) is 6.65. The van der Waals surface area contributed by atoms with Gasteiger partial charge in [-0.15, -0.1) is 0 Å². The number of nitrogen functional groups attached to an aromatic ring is 1. The Labute approximate surface area is 128 Å². The fourth-order valence-corrected chi connectivity index (χ4v) is 5.18. The van der Waals surface area contributed by atoms with Crippen LogP contribution in [0.4, 0.5) is 10.1 Å². The number of hydrogen-bond acceptors (Lipinski definition) is 5. The summed E-state index contributed by atoms with van der Waals surface area (Å²) in [5.41, 5.74) is 5.64. The van der Waals surface area contributed by atoms with Crippen LogP contribution in [0.25, 0.3) is 0 Å². The maximum absolute atomic E-state index is 13.9. The van der Waals surface area contributed by atoms with Gasteiger partial charge in [0.05, 0.1) is 17.7 Å². The number of hydrogen-bond donors (Lipinski definition) is 1. The van der Waals surface area contributed by atoms with Gasteiger partial charge in [-0.2, -0.15) is 16.1 Å². The van der Waals surface area contributed by atoms with Gasteiger partial charge in [0, 0.05) is 24.1 Å². The first-order chi connectivity index (χ1) is 9.90. The molecule has 0 radical (unpaired) electrons. The van der Waals surface area contributed by atoms with Crippen LogP contribution in [0, 0.1) is 5.82 Å². The van der Waals surface area contributed by atoms with E-state index in [9.17, 15) is 12.8 Å². The number of thioether (sulfide) groups is 1. The molecule has 8 heteroatoms. The second-order valence-electron chi connectivity index (χ2n) is 4.79. The van der Waals surface area contributed by atoms with Crippen molar-refractivity contribution in [1.29, 1.82) is 0 Å². The van der Waals surface area contributed by atoms with Crippen molar-refractivity contribution in [3.8, 4) is 5.75 Å². The Morgan fingerprint density at radius 3 is 2.81 bits per heavy atom. The van der Waals surface area contributed by atoms with Crippen molar-refractivity contribution in [2.45, 2.75) is 23.5 Å². The third kappa shape index (κ3) is 3.27. The molecule has 1 heterocycles. The summed E-state index contributed by atoms with van der Waals surface area (Å²) < 4.78 is 45.3. The molecule has 0 saturated carbocycles. The summed E-state index contributed by atoms with van der Waals surface area (Å²) in [5.74, 6) is -0.157. The van der Waals surface area contributed by atoms with Crippen molar-refractivity contribution in [2.75, 3.05) is 31.7 Å². The molecule has 1 atom stereocenters. The number of ether oxygens (including phenoxy) is 1. The average molecular weight is 334 g/mol. The van der Waals surface area contributed by atoms with Crippen LogP contribution < -0.4 is 10.5 Å². The highest BCUT2D eigenvalue weighted by atomic mass is 32.2. The zero-order chi connectivity index (χ0) is 15.6. The summed E-state index contributed by atoms with van der Waals surface area (Å²) >= 11 is 1.77.